The molecule has 1 amide bonds. The number of para-hydroxylation sites is 1. The molecule has 1 aliphatic heterocycles. The van der Waals surface area contributed by atoms with Gasteiger partial charge in [-0.15, -0.1) is 0 Å². The molecule has 4 nitrogen and oxygen atoms in total. The molecule has 0 aromatic heterocycles. The molecule has 2 aromatic rings. The molecule has 1 aliphatic rings. The van der Waals surface area contributed by atoms with Crippen LogP contribution >= 0.6 is 12.2 Å². The summed E-state index contributed by atoms with van der Waals surface area (Å²) in [7, 11) is 0. The SMILES string of the molecule is CCCOc1ccc(/C=C2\NC(=S)N(c3ccccc3F)C2=O)cc1. The van der Waals surface area contributed by atoms with Gasteiger partial charge in [-0.25, -0.2) is 9.29 Å². The molecule has 1 heterocycles. The molecule has 0 bridgehead atoms. The zero-order valence-corrected chi connectivity index (χ0v) is 14.5. The maximum atomic E-state index is 14.0. The molecule has 1 N–H and O–H groups in total. The molecule has 0 radical (unpaired) electrons. The normalized spacial score (nSPS) is 15.6. The van der Waals surface area contributed by atoms with E-state index in [1.807, 2.05) is 31.2 Å². The number of carbonyl (C=O) groups excluding carboxylic acids is 1. The molecular weight excluding hydrogens is 339 g/mol. The molecule has 25 heavy (non-hydrogen) atoms. The van der Waals surface area contributed by atoms with Crippen LogP contribution in [0.5, 0.6) is 5.75 Å². The molecule has 1 fully saturated rings. The van der Waals surface area contributed by atoms with Gasteiger partial charge in [-0.1, -0.05) is 31.2 Å². The lowest BCUT2D eigenvalue weighted by Gasteiger charge is -2.14. The molecule has 0 atom stereocenters. The number of rotatable bonds is 5. The topological polar surface area (TPSA) is 41.6 Å². The van der Waals surface area contributed by atoms with Gasteiger partial charge in [0.1, 0.15) is 17.3 Å². The molecule has 0 unspecified atom stereocenters. The van der Waals surface area contributed by atoms with Gasteiger partial charge < -0.3 is 10.1 Å². The van der Waals surface area contributed by atoms with Gasteiger partial charge in [-0.2, -0.15) is 0 Å². The molecule has 0 saturated carbocycles. The van der Waals surface area contributed by atoms with Crippen LogP contribution in [0, 0.1) is 5.82 Å². The number of carbonyl (C=O) groups is 1. The Morgan fingerprint density at radius 2 is 1.92 bits per heavy atom. The first-order chi connectivity index (χ1) is 12.1. The Morgan fingerprint density at radius 3 is 2.60 bits per heavy atom. The van der Waals surface area contributed by atoms with Crippen molar-refractivity contribution in [2.45, 2.75) is 13.3 Å². The standard InChI is InChI=1S/C19H17FN2O2S/c1-2-11-24-14-9-7-13(8-10-14)12-16-18(23)22(19(25)21-16)17-6-4-3-5-15(17)20/h3-10,12H,2,11H2,1H3,(H,21,25)/b16-12-. The Labute approximate surface area is 150 Å². The van der Waals surface area contributed by atoms with Crippen molar-refractivity contribution in [1.82, 2.24) is 5.32 Å². The van der Waals surface area contributed by atoms with Crippen molar-refractivity contribution in [1.29, 1.82) is 0 Å². The fourth-order valence-electron chi connectivity index (χ4n) is 2.43. The first kappa shape index (κ1) is 17.1. The molecule has 0 spiro atoms. The van der Waals surface area contributed by atoms with E-state index in [2.05, 4.69) is 5.32 Å². The summed E-state index contributed by atoms with van der Waals surface area (Å²) >= 11 is 5.19. The summed E-state index contributed by atoms with van der Waals surface area (Å²) in [5.41, 5.74) is 1.25. The van der Waals surface area contributed by atoms with Crippen molar-refractivity contribution in [2.24, 2.45) is 0 Å². The van der Waals surface area contributed by atoms with Gasteiger partial charge in [-0.05, 0) is 54.5 Å². The second kappa shape index (κ2) is 7.44. The molecule has 0 aliphatic carbocycles. The molecule has 128 valence electrons. The highest BCUT2D eigenvalue weighted by molar-refractivity contribution is 7.80. The van der Waals surface area contributed by atoms with Crippen molar-refractivity contribution in [3.8, 4) is 5.75 Å². The Hall–Kier alpha value is -2.73. The van der Waals surface area contributed by atoms with Crippen LogP contribution in [0.1, 0.15) is 18.9 Å². The number of anilines is 1. The van der Waals surface area contributed by atoms with E-state index in [1.165, 1.54) is 12.1 Å². The van der Waals surface area contributed by atoms with E-state index >= 15 is 0 Å². The highest BCUT2D eigenvalue weighted by Gasteiger charge is 2.33. The third kappa shape index (κ3) is 3.69. The highest BCUT2D eigenvalue weighted by Crippen LogP contribution is 2.25. The van der Waals surface area contributed by atoms with Crippen LogP contribution in [0.25, 0.3) is 6.08 Å². The number of nitrogens with zero attached hydrogens (tertiary/aromatic N) is 1. The number of ether oxygens (including phenoxy) is 1. The first-order valence-electron chi connectivity index (χ1n) is 7.94. The van der Waals surface area contributed by atoms with Crippen LogP contribution in [-0.4, -0.2) is 17.6 Å². The van der Waals surface area contributed by atoms with Crippen molar-refractivity contribution < 1.29 is 13.9 Å². The maximum Gasteiger partial charge on any atom is 0.281 e. The van der Waals surface area contributed by atoms with Gasteiger partial charge in [0, 0.05) is 0 Å². The number of hydrogen-bond acceptors (Lipinski definition) is 3. The van der Waals surface area contributed by atoms with E-state index in [0.29, 0.717) is 12.3 Å². The van der Waals surface area contributed by atoms with Crippen LogP contribution in [0.4, 0.5) is 10.1 Å². The van der Waals surface area contributed by atoms with Crippen LogP contribution in [-0.2, 0) is 4.79 Å². The van der Waals surface area contributed by atoms with Crippen LogP contribution in [0.15, 0.2) is 54.2 Å². The number of nitrogens with one attached hydrogen (secondary N) is 1. The summed E-state index contributed by atoms with van der Waals surface area (Å²) in [6.07, 6.45) is 2.62. The fraction of sp³-hybridized carbons (Fsp3) is 0.158. The maximum absolute atomic E-state index is 14.0. The highest BCUT2D eigenvalue weighted by atomic mass is 32.1. The second-order valence-electron chi connectivity index (χ2n) is 5.50. The number of thiocarbonyl (C=S) groups is 1. The average Bonchev–Trinajstić information content (AvgIpc) is 2.89. The monoisotopic (exact) mass is 356 g/mol. The van der Waals surface area contributed by atoms with Gasteiger partial charge in [0.2, 0.25) is 0 Å². The molecule has 2 aromatic carbocycles. The van der Waals surface area contributed by atoms with Gasteiger partial charge >= 0.3 is 0 Å². The molecule has 3 rings (SSSR count). The largest absolute Gasteiger partial charge is 0.494 e. The Bertz CT molecular complexity index is 834. The van der Waals surface area contributed by atoms with E-state index < -0.39 is 5.82 Å². The lowest BCUT2D eigenvalue weighted by atomic mass is 10.2. The van der Waals surface area contributed by atoms with Crippen LogP contribution < -0.4 is 15.0 Å². The van der Waals surface area contributed by atoms with Crippen LogP contribution in [0.3, 0.4) is 0 Å². The number of hydrogen-bond donors (Lipinski definition) is 1. The minimum absolute atomic E-state index is 0.136. The quantitative estimate of drug-likeness (QED) is 0.652. The predicted molar refractivity (Wildman–Crippen MR) is 99.8 cm³/mol. The number of benzene rings is 2. The molecule has 1 saturated heterocycles. The van der Waals surface area contributed by atoms with E-state index in [9.17, 15) is 9.18 Å². The van der Waals surface area contributed by atoms with Crippen molar-refractivity contribution in [3.05, 3.63) is 65.6 Å². The molecule has 6 heteroatoms. The van der Waals surface area contributed by atoms with Crippen LogP contribution in [0.2, 0.25) is 0 Å². The van der Waals surface area contributed by atoms with Gasteiger partial charge in [0.05, 0.1) is 12.3 Å². The summed E-state index contributed by atoms with van der Waals surface area (Å²) in [5, 5.41) is 3.00. The van der Waals surface area contributed by atoms with Gasteiger partial charge in [0.25, 0.3) is 5.91 Å². The molecular formula is C19H17FN2O2S. The van der Waals surface area contributed by atoms with E-state index in [0.717, 1.165) is 22.6 Å². The van der Waals surface area contributed by atoms with Crippen molar-refractivity contribution >= 4 is 35.0 Å². The lowest BCUT2D eigenvalue weighted by Crippen LogP contribution is -2.31. The summed E-state index contributed by atoms with van der Waals surface area (Å²) in [4.78, 5) is 13.8. The third-order valence-electron chi connectivity index (χ3n) is 3.64. The zero-order chi connectivity index (χ0) is 17.8. The second-order valence-corrected chi connectivity index (χ2v) is 5.88. The minimum Gasteiger partial charge on any atom is -0.494 e. The first-order valence-corrected chi connectivity index (χ1v) is 8.35. The third-order valence-corrected chi connectivity index (χ3v) is 3.92. The van der Waals surface area contributed by atoms with E-state index in [1.54, 1.807) is 18.2 Å². The number of halogens is 1. The number of amides is 1. The summed E-state index contributed by atoms with van der Waals surface area (Å²) in [6.45, 7) is 2.70. The van der Waals surface area contributed by atoms with Crippen molar-refractivity contribution in [3.63, 3.8) is 0 Å². The average molecular weight is 356 g/mol. The van der Waals surface area contributed by atoms with Gasteiger partial charge in [-0.3, -0.25) is 4.79 Å². The lowest BCUT2D eigenvalue weighted by molar-refractivity contribution is -0.113. The Kier molecular flexibility index (Phi) is 5.09. The van der Waals surface area contributed by atoms with Crippen molar-refractivity contribution in [2.75, 3.05) is 11.5 Å². The predicted octanol–water partition coefficient (Wildman–Crippen LogP) is 3.88. The summed E-state index contributed by atoms with van der Waals surface area (Å²) in [6, 6.07) is 13.4. The smallest absolute Gasteiger partial charge is 0.281 e. The summed E-state index contributed by atoms with van der Waals surface area (Å²) in [5.74, 6) is -0.113. The Morgan fingerprint density at radius 1 is 1.20 bits per heavy atom. The fourth-order valence-corrected chi connectivity index (χ4v) is 2.73. The minimum atomic E-state index is -0.501. The Balaban J connectivity index is 1.82. The van der Waals surface area contributed by atoms with Gasteiger partial charge in [0.15, 0.2) is 5.11 Å². The zero-order valence-electron chi connectivity index (χ0n) is 13.7. The van der Waals surface area contributed by atoms with E-state index in [4.69, 9.17) is 17.0 Å². The summed E-state index contributed by atoms with van der Waals surface area (Å²) < 4.78 is 19.5. The van der Waals surface area contributed by atoms with E-state index in [-0.39, 0.29) is 16.7 Å².